The molecule has 3 N–H and O–H groups in total. The number of hydrogen-bond acceptors (Lipinski definition) is 10. The van der Waals surface area contributed by atoms with Crippen molar-refractivity contribution in [3.05, 3.63) is 29.4 Å². The fourth-order valence-electron chi connectivity index (χ4n) is 4.96. The van der Waals surface area contributed by atoms with E-state index in [-0.39, 0.29) is 24.5 Å². The molecule has 0 aliphatic heterocycles. The van der Waals surface area contributed by atoms with Gasteiger partial charge in [0.2, 0.25) is 5.89 Å². The summed E-state index contributed by atoms with van der Waals surface area (Å²) >= 11 is 0. The topological polar surface area (TPSA) is 161 Å². The highest BCUT2D eigenvalue weighted by molar-refractivity contribution is 5.70. The van der Waals surface area contributed by atoms with Gasteiger partial charge in [0, 0.05) is 19.6 Å². The first-order valence-corrected chi connectivity index (χ1v) is 12.4. The molecule has 0 aromatic carbocycles. The van der Waals surface area contributed by atoms with Crippen molar-refractivity contribution in [2.45, 2.75) is 64.0 Å². The van der Waals surface area contributed by atoms with Crippen molar-refractivity contribution in [3.8, 4) is 17.1 Å². The Morgan fingerprint density at radius 1 is 1.25 bits per heavy atom. The molecule has 12 nitrogen and oxygen atoms in total. The molecule has 0 saturated heterocycles. The fraction of sp³-hybridized carbons (Fsp3) is 0.583. The molecular weight excluding hydrogens is 466 g/mol. The molecule has 0 spiro atoms. The maximum Gasteiger partial charge on any atom is 0.306 e. The minimum atomic E-state index is -0.757. The molecule has 2 atom stereocenters. The Morgan fingerprint density at radius 3 is 2.83 bits per heavy atom. The zero-order valence-electron chi connectivity index (χ0n) is 20.4. The van der Waals surface area contributed by atoms with Gasteiger partial charge in [0.1, 0.15) is 11.4 Å². The first-order valence-electron chi connectivity index (χ1n) is 12.4. The van der Waals surface area contributed by atoms with Crippen LogP contribution >= 0.6 is 0 Å². The van der Waals surface area contributed by atoms with Crippen LogP contribution in [0.1, 0.15) is 61.7 Å². The van der Waals surface area contributed by atoms with Gasteiger partial charge in [0.25, 0.3) is 5.95 Å². The van der Waals surface area contributed by atoms with Gasteiger partial charge >= 0.3 is 5.97 Å². The minimum absolute atomic E-state index is 0.128. The van der Waals surface area contributed by atoms with Gasteiger partial charge in [-0.25, -0.2) is 9.67 Å². The quantitative estimate of drug-likeness (QED) is 0.398. The van der Waals surface area contributed by atoms with Crippen LogP contribution in [0.3, 0.4) is 0 Å². The van der Waals surface area contributed by atoms with Gasteiger partial charge in [0.05, 0.1) is 35.6 Å². The summed E-state index contributed by atoms with van der Waals surface area (Å²) in [6, 6.07) is 3.70. The third kappa shape index (κ3) is 5.03. The lowest BCUT2D eigenvalue weighted by molar-refractivity contribution is -0.143. The number of carboxylic acids is 1. The van der Waals surface area contributed by atoms with Gasteiger partial charge in [-0.2, -0.15) is 4.98 Å². The highest BCUT2D eigenvalue weighted by Crippen LogP contribution is 2.40. The van der Waals surface area contributed by atoms with Crippen LogP contribution in [0.2, 0.25) is 0 Å². The van der Waals surface area contributed by atoms with Crippen LogP contribution in [0.15, 0.2) is 16.7 Å². The first-order chi connectivity index (χ1) is 17.4. The predicted molar refractivity (Wildman–Crippen MR) is 127 cm³/mol. The smallest absolute Gasteiger partial charge is 0.306 e. The Hall–Kier alpha value is -3.54. The van der Waals surface area contributed by atoms with E-state index < -0.39 is 5.97 Å². The molecule has 3 aromatic rings. The van der Waals surface area contributed by atoms with E-state index in [9.17, 15) is 15.0 Å². The number of anilines is 1. The number of aliphatic hydroxyl groups is 1. The van der Waals surface area contributed by atoms with E-state index in [1.807, 2.05) is 26.1 Å². The molecule has 0 radical (unpaired) electrons. The van der Waals surface area contributed by atoms with E-state index in [1.165, 1.54) is 0 Å². The summed E-state index contributed by atoms with van der Waals surface area (Å²) in [7, 11) is 1.81. The molecule has 1 unspecified atom stereocenters. The third-order valence-electron chi connectivity index (χ3n) is 7.19. The zero-order chi connectivity index (χ0) is 25.2. The van der Waals surface area contributed by atoms with E-state index in [0.717, 1.165) is 31.4 Å². The zero-order valence-corrected chi connectivity index (χ0v) is 20.4. The number of rotatable bonds is 9. The van der Waals surface area contributed by atoms with E-state index >= 15 is 0 Å². The number of pyridine rings is 1. The molecule has 5 rings (SSSR count). The molecule has 0 amide bonds. The lowest BCUT2D eigenvalue weighted by Gasteiger charge is -2.30. The minimum Gasteiger partial charge on any atom is -0.489 e. The van der Waals surface area contributed by atoms with Gasteiger partial charge in [-0.05, 0) is 68.7 Å². The van der Waals surface area contributed by atoms with Gasteiger partial charge in [-0.15, -0.1) is 5.10 Å². The number of ether oxygens (including phenoxy) is 1. The maximum atomic E-state index is 11.4. The lowest BCUT2D eigenvalue weighted by atomic mass is 9.75. The first kappa shape index (κ1) is 24.2. The third-order valence-corrected chi connectivity index (χ3v) is 7.19. The van der Waals surface area contributed by atoms with Crippen LogP contribution in [0.5, 0.6) is 5.75 Å². The maximum absolute atomic E-state index is 11.4. The number of aromatic nitrogens is 6. The highest BCUT2D eigenvalue weighted by atomic mass is 16.5. The van der Waals surface area contributed by atoms with Crippen LogP contribution in [0, 0.1) is 18.8 Å². The van der Waals surface area contributed by atoms with E-state index in [1.54, 1.807) is 4.68 Å². The van der Waals surface area contributed by atoms with Crippen molar-refractivity contribution >= 4 is 11.9 Å². The SMILES string of the molecule is Cc1nc(-c2nnn(C)c2CNc2noc(C3CC(CO)C3)n2)ccc1OC1CCC[C@H](C(=O)O)C1. The Labute approximate surface area is 208 Å². The number of aliphatic carboxylic acids is 1. The highest BCUT2D eigenvalue weighted by Gasteiger charge is 2.34. The van der Waals surface area contributed by atoms with Gasteiger partial charge in [0.15, 0.2) is 0 Å². The summed E-state index contributed by atoms with van der Waals surface area (Å²) in [5, 5.41) is 34.2. The van der Waals surface area contributed by atoms with Crippen LogP contribution in [-0.4, -0.2) is 59.0 Å². The molecule has 2 aliphatic carbocycles. The summed E-state index contributed by atoms with van der Waals surface area (Å²) in [5.41, 5.74) is 2.81. The second-order valence-electron chi connectivity index (χ2n) is 9.76. The van der Waals surface area contributed by atoms with Gasteiger partial charge < -0.3 is 24.8 Å². The van der Waals surface area contributed by atoms with Gasteiger partial charge in [-0.3, -0.25) is 4.79 Å². The van der Waals surface area contributed by atoms with Crippen LogP contribution in [0.4, 0.5) is 5.95 Å². The molecular formula is C24H31N7O5. The van der Waals surface area contributed by atoms with Crippen molar-refractivity contribution in [1.29, 1.82) is 0 Å². The van der Waals surface area contributed by atoms with E-state index in [4.69, 9.17) is 14.2 Å². The fourth-order valence-corrected chi connectivity index (χ4v) is 4.96. The van der Waals surface area contributed by atoms with Crippen LogP contribution in [-0.2, 0) is 18.4 Å². The second kappa shape index (κ2) is 10.2. The van der Waals surface area contributed by atoms with E-state index in [2.05, 4.69) is 25.8 Å². The van der Waals surface area contributed by atoms with Crippen molar-refractivity contribution in [2.24, 2.45) is 18.9 Å². The number of carboxylic acid groups (broad SMARTS) is 1. The van der Waals surface area contributed by atoms with Crippen LogP contribution in [0.25, 0.3) is 11.4 Å². The summed E-state index contributed by atoms with van der Waals surface area (Å²) in [6.07, 6.45) is 4.48. The summed E-state index contributed by atoms with van der Waals surface area (Å²) in [5.74, 6) is 1.04. The lowest BCUT2D eigenvalue weighted by Crippen LogP contribution is -2.29. The van der Waals surface area contributed by atoms with Crippen molar-refractivity contribution < 1.29 is 24.3 Å². The molecule has 36 heavy (non-hydrogen) atoms. The predicted octanol–water partition coefficient (Wildman–Crippen LogP) is 2.69. The number of aliphatic hydroxyl groups excluding tert-OH is 1. The average Bonchev–Trinajstić information content (AvgIpc) is 3.45. The largest absolute Gasteiger partial charge is 0.489 e. The number of nitrogens with one attached hydrogen (secondary N) is 1. The Morgan fingerprint density at radius 2 is 2.08 bits per heavy atom. The van der Waals surface area contributed by atoms with Crippen LogP contribution < -0.4 is 10.1 Å². The summed E-state index contributed by atoms with van der Waals surface area (Å²) in [4.78, 5) is 20.5. The molecule has 2 fully saturated rings. The molecule has 0 bridgehead atoms. The number of hydrogen-bond donors (Lipinski definition) is 3. The normalized spacial score (nSPS) is 23.8. The molecule has 3 heterocycles. The van der Waals surface area contributed by atoms with Crippen molar-refractivity contribution in [1.82, 2.24) is 30.1 Å². The number of aryl methyl sites for hydroxylation is 2. The van der Waals surface area contributed by atoms with Crippen molar-refractivity contribution in [3.63, 3.8) is 0 Å². The Bertz CT molecular complexity index is 1220. The Kier molecular flexibility index (Phi) is 6.86. The summed E-state index contributed by atoms with van der Waals surface area (Å²) < 4.78 is 13.2. The number of carbonyl (C=O) groups is 1. The van der Waals surface area contributed by atoms with E-state index in [0.29, 0.717) is 60.0 Å². The standard InChI is InChI=1S/C24H31N7O5/c1-13-20(35-17-5-3-4-15(10-17)23(33)34)7-6-18(26-13)21-19(31(2)30-28-21)11-25-24-27-22(36-29-24)16-8-14(9-16)12-32/h6-7,14-17,32H,3-5,8-12H2,1-2H3,(H,25,29)(H,33,34)/t14?,15-,16?,17?/m0/s1. The molecule has 2 aliphatic rings. The van der Waals surface area contributed by atoms with Gasteiger partial charge in [-0.1, -0.05) is 5.21 Å². The second-order valence-corrected chi connectivity index (χ2v) is 9.76. The number of nitrogens with zero attached hydrogens (tertiary/aromatic N) is 6. The molecule has 12 heteroatoms. The Balaban J connectivity index is 1.24. The molecule has 3 aromatic heterocycles. The molecule has 192 valence electrons. The summed E-state index contributed by atoms with van der Waals surface area (Å²) in [6.45, 7) is 2.44. The van der Waals surface area contributed by atoms with Crippen molar-refractivity contribution in [2.75, 3.05) is 11.9 Å². The monoisotopic (exact) mass is 497 g/mol. The average molecular weight is 498 g/mol. The molecule has 2 saturated carbocycles.